The molecule has 9 nitrogen and oxygen atoms in total. The largest absolute Gasteiger partial charge is 0.400 e. The quantitative estimate of drug-likeness (QED) is 0.422. The molecule has 0 aliphatic heterocycles. The van der Waals surface area contributed by atoms with Crippen LogP contribution in [0.3, 0.4) is 0 Å². The van der Waals surface area contributed by atoms with Gasteiger partial charge in [-0.3, -0.25) is 9.11 Å². The molecular weight excluding hydrogens is 322 g/mol. The fraction of sp³-hybridized carbons (Fsp3) is 0.600. The van der Waals surface area contributed by atoms with Crippen LogP contribution < -0.4 is 15.8 Å². The summed E-state index contributed by atoms with van der Waals surface area (Å²) >= 11 is 0. The predicted molar refractivity (Wildman–Crippen MR) is 79.2 cm³/mol. The van der Waals surface area contributed by atoms with Gasteiger partial charge in [0.15, 0.2) is 0 Å². The number of hydrogen-bond donors (Lipinski definition) is 5. The molecule has 0 aromatic rings. The zero-order valence-electron chi connectivity index (χ0n) is 12.0. The number of allylic oxidation sites excluding steroid dienone is 2. The van der Waals surface area contributed by atoms with Gasteiger partial charge >= 0.3 is 10.4 Å². The molecule has 0 saturated carbocycles. The van der Waals surface area contributed by atoms with Crippen LogP contribution in [0.4, 0.5) is 0 Å². The normalized spacial score (nSPS) is 22.5. The van der Waals surface area contributed by atoms with E-state index in [1.807, 2.05) is 13.0 Å². The van der Waals surface area contributed by atoms with Crippen LogP contribution in [0.1, 0.15) is 20.3 Å². The molecule has 0 saturated heterocycles. The maximum absolute atomic E-state index is 11.3. The van der Waals surface area contributed by atoms with E-state index < -0.39 is 26.0 Å². The molecule has 0 aromatic carbocycles. The first-order valence-corrected chi connectivity index (χ1v) is 9.15. The van der Waals surface area contributed by atoms with Gasteiger partial charge in [-0.2, -0.15) is 8.42 Å². The Morgan fingerprint density at radius 2 is 1.76 bits per heavy atom. The Kier molecular flexibility index (Phi) is 6.83. The average Bonchev–Trinajstić information content (AvgIpc) is 2.19. The van der Waals surface area contributed by atoms with E-state index in [0.717, 1.165) is 18.5 Å². The summed E-state index contributed by atoms with van der Waals surface area (Å²) in [5, 5.41) is 3.17. The molecule has 1 unspecified atom stereocenters. The average molecular weight is 343 g/mol. The SMILES string of the molecule is CCNC1=CC=C(N)C(C)(NS(C)(=O)=O)C1.O=S(=O)(O)O. The minimum atomic E-state index is -4.67. The van der Waals surface area contributed by atoms with E-state index in [1.54, 1.807) is 13.0 Å². The third-order valence-electron chi connectivity index (χ3n) is 2.46. The smallest absolute Gasteiger partial charge is 0.394 e. The molecule has 0 aromatic heterocycles. The second-order valence-corrected chi connectivity index (χ2v) is 7.32. The molecule has 21 heavy (non-hydrogen) atoms. The summed E-state index contributed by atoms with van der Waals surface area (Å²) in [6.07, 6.45) is 5.29. The third-order valence-corrected chi connectivity index (χ3v) is 3.28. The van der Waals surface area contributed by atoms with Crippen molar-refractivity contribution in [2.45, 2.75) is 25.8 Å². The lowest BCUT2D eigenvalue weighted by Crippen LogP contribution is -2.51. The van der Waals surface area contributed by atoms with Crippen LogP contribution in [0.25, 0.3) is 0 Å². The van der Waals surface area contributed by atoms with Crippen molar-refractivity contribution in [1.29, 1.82) is 0 Å². The number of sulfonamides is 1. The summed E-state index contributed by atoms with van der Waals surface area (Å²) in [5.74, 6) is 0. The number of nitrogens with two attached hydrogens (primary N) is 1. The molecule has 124 valence electrons. The Balaban J connectivity index is 0.000000690. The van der Waals surface area contributed by atoms with Gasteiger partial charge in [0.1, 0.15) is 0 Å². The van der Waals surface area contributed by atoms with Crippen molar-refractivity contribution in [3.05, 3.63) is 23.5 Å². The molecule has 0 radical (unpaired) electrons. The summed E-state index contributed by atoms with van der Waals surface area (Å²) in [6, 6.07) is 0. The number of rotatable bonds is 4. The van der Waals surface area contributed by atoms with Gasteiger partial charge in [-0.15, -0.1) is 0 Å². The first-order valence-electron chi connectivity index (χ1n) is 5.86. The summed E-state index contributed by atoms with van der Waals surface area (Å²) in [5.41, 5.74) is 6.61. The molecule has 0 heterocycles. The lowest BCUT2D eigenvalue weighted by molar-refractivity contribution is 0.381. The molecule has 6 N–H and O–H groups in total. The summed E-state index contributed by atoms with van der Waals surface area (Å²) in [7, 11) is -7.95. The van der Waals surface area contributed by atoms with Crippen molar-refractivity contribution in [3.8, 4) is 0 Å². The molecular formula is C10H21N3O6S2. The summed E-state index contributed by atoms with van der Waals surface area (Å²) < 4.78 is 56.7. The van der Waals surface area contributed by atoms with Crippen LogP contribution in [0, 0.1) is 0 Å². The van der Waals surface area contributed by atoms with Gasteiger partial charge in [0.2, 0.25) is 10.0 Å². The van der Waals surface area contributed by atoms with Gasteiger partial charge in [-0.1, -0.05) is 0 Å². The van der Waals surface area contributed by atoms with E-state index in [9.17, 15) is 8.42 Å². The van der Waals surface area contributed by atoms with Crippen molar-refractivity contribution in [1.82, 2.24) is 10.0 Å². The number of hydrogen-bond acceptors (Lipinski definition) is 6. The maximum Gasteiger partial charge on any atom is 0.394 e. The minimum absolute atomic E-state index is 0.527. The highest BCUT2D eigenvalue weighted by atomic mass is 32.3. The fourth-order valence-electron chi connectivity index (χ4n) is 1.77. The summed E-state index contributed by atoms with van der Waals surface area (Å²) in [4.78, 5) is 0. The second kappa shape index (κ2) is 7.22. The lowest BCUT2D eigenvalue weighted by atomic mass is 9.89. The highest BCUT2D eigenvalue weighted by molar-refractivity contribution is 7.88. The first-order chi connectivity index (χ1) is 9.27. The zero-order chi connectivity index (χ0) is 16.9. The highest BCUT2D eigenvalue weighted by Crippen LogP contribution is 2.25. The topological polar surface area (TPSA) is 159 Å². The Morgan fingerprint density at radius 3 is 2.14 bits per heavy atom. The molecule has 1 atom stereocenters. The van der Waals surface area contributed by atoms with E-state index in [0.29, 0.717) is 12.1 Å². The van der Waals surface area contributed by atoms with Crippen molar-refractivity contribution in [2.24, 2.45) is 5.73 Å². The van der Waals surface area contributed by atoms with E-state index in [4.69, 9.17) is 23.3 Å². The molecule has 1 aliphatic carbocycles. The lowest BCUT2D eigenvalue weighted by Gasteiger charge is -2.34. The van der Waals surface area contributed by atoms with Crippen LogP contribution >= 0.6 is 0 Å². The maximum atomic E-state index is 11.3. The second-order valence-electron chi connectivity index (χ2n) is 4.68. The Hall–Kier alpha value is -1.14. The van der Waals surface area contributed by atoms with Crippen molar-refractivity contribution < 1.29 is 25.9 Å². The molecule has 0 spiro atoms. The van der Waals surface area contributed by atoms with Crippen molar-refractivity contribution in [2.75, 3.05) is 12.8 Å². The highest BCUT2D eigenvalue weighted by Gasteiger charge is 2.33. The fourth-order valence-corrected chi connectivity index (χ4v) is 2.78. The Labute approximate surface area is 124 Å². The summed E-state index contributed by atoms with van der Waals surface area (Å²) in [6.45, 7) is 4.57. The van der Waals surface area contributed by atoms with Crippen LogP contribution in [0.15, 0.2) is 23.5 Å². The third kappa shape index (κ3) is 9.42. The van der Waals surface area contributed by atoms with E-state index in [-0.39, 0.29) is 0 Å². The standard InChI is InChI=1S/C10H19N3O2S.H2O4S/c1-4-12-8-5-6-9(11)10(2,7-8)13-16(3,14)15;1-5(2,3)4/h5-6,12-13H,4,7,11H2,1-3H3;(H2,1,2,3,4). The van der Waals surface area contributed by atoms with Gasteiger partial charge in [-0.05, 0) is 26.0 Å². The van der Waals surface area contributed by atoms with Crippen LogP contribution in [0.5, 0.6) is 0 Å². The molecule has 0 amide bonds. The minimum Gasteiger partial charge on any atom is -0.400 e. The molecule has 1 rings (SSSR count). The van der Waals surface area contributed by atoms with Gasteiger partial charge in [0, 0.05) is 24.4 Å². The molecule has 0 bridgehead atoms. The van der Waals surface area contributed by atoms with Crippen LogP contribution in [-0.2, 0) is 20.4 Å². The monoisotopic (exact) mass is 343 g/mol. The first kappa shape index (κ1) is 19.9. The molecule has 0 fully saturated rings. The van der Waals surface area contributed by atoms with Crippen LogP contribution in [-0.4, -0.2) is 44.3 Å². The number of nitrogens with one attached hydrogen (secondary N) is 2. The van der Waals surface area contributed by atoms with Gasteiger partial charge < -0.3 is 11.1 Å². The predicted octanol–water partition coefficient (Wildman–Crippen LogP) is -0.619. The van der Waals surface area contributed by atoms with Gasteiger partial charge in [-0.25, -0.2) is 13.1 Å². The van der Waals surface area contributed by atoms with E-state index in [2.05, 4.69) is 10.0 Å². The Morgan fingerprint density at radius 1 is 1.29 bits per heavy atom. The molecule has 11 heteroatoms. The zero-order valence-corrected chi connectivity index (χ0v) is 13.6. The molecule has 1 aliphatic rings. The van der Waals surface area contributed by atoms with Gasteiger partial charge in [0.25, 0.3) is 0 Å². The van der Waals surface area contributed by atoms with Crippen molar-refractivity contribution in [3.63, 3.8) is 0 Å². The van der Waals surface area contributed by atoms with Crippen LogP contribution in [0.2, 0.25) is 0 Å². The van der Waals surface area contributed by atoms with Crippen molar-refractivity contribution >= 4 is 20.4 Å². The van der Waals surface area contributed by atoms with E-state index >= 15 is 0 Å². The van der Waals surface area contributed by atoms with Gasteiger partial charge in [0.05, 0.1) is 11.8 Å². The Bertz CT molecular complexity index is 615. The van der Waals surface area contributed by atoms with E-state index in [1.165, 1.54) is 0 Å².